The number of benzene rings is 1. The Kier molecular flexibility index (Phi) is 4.06. The molecule has 102 valence electrons. The SMILES string of the molecule is COc1ccc(-c2c(C)sc(NC(C)=O)c2C#N)cc1. The van der Waals surface area contributed by atoms with Crippen LogP contribution in [0.4, 0.5) is 5.00 Å². The molecule has 0 bridgehead atoms. The van der Waals surface area contributed by atoms with Crippen molar-refractivity contribution in [2.24, 2.45) is 0 Å². The van der Waals surface area contributed by atoms with Gasteiger partial charge in [-0.05, 0) is 24.6 Å². The van der Waals surface area contributed by atoms with Gasteiger partial charge in [0.15, 0.2) is 0 Å². The quantitative estimate of drug-likeness (QED) is 0.938. The molecule has 2 rings (SSSR count). The van der Waals surface area contributed by atoms with Crippen LogP contribution in [0.1, 0.15) is 17.4 Å². The molecule has 1 aromatic heterocycles. The maximum Gasteiger partial charge on any atom is 0.221 e. The summed E-state index contributed by atoms with van der Waals surface area (Å²) < 4.78 is 5.13. The Bertz CT molecular complexity index is 681. The average Bonchev–Trinajstić information content (AvgIpc) is 2.73. The summed E-state index contributed by atoms with van der Waals surface area (Å²) in [6, 6.07) is 9.71. The minimum Gasteiger partial charge on any atom is -0.497 e. The fourth-order valence-corrected chi connectivity index (χ4v) is 3.08. The maximum atomic E-state index is 11.2. The third-order valence-electron chi connectivity index (χ3n) is 2.86. The predicted molar refractivity (Wildman–Crippen MR) is 80.1 cm³/mol. The van der Waals surface area contributed by atoms with Crippen LogP contribution in [0.15, 0.2) is 24.3 Å². The van der Waals surface area contributed by atoms with Crippen LogP contribution in [0.25, 0.3) is 11.1 Å². The lowest BCUT2D eigenvalue weighted by atomic mass is 10.0. The van der Waals surface area contributed by atoms with E-state index >= 15 is 0 Å². The summed E-state index contributed by atoms with van der Waals surface area (Å²) in [6.45, 7) is 3.37. The first-order valence-electron chi connectivity index (χ1n) is 6.02. The van der Waals surface area contributed by atoms with Gasteiger partial charge in [0, 0.05) is 17.4 Å². The van der Waals surface area contributed by atoms with E-state index in [9.17, 15) is 10.1 Å². The zero-order valence-electron chi connectivity index (χ0n) is 11.5. The number of carbonyl (C=O) groups excluding carboxylic acids is 1. The fraction of sp³-hybridized carbons (Fsp3) is 0.200. The molecule has 0 aliphatic carbocycles. The average molecular weight is 286 g/mol. The predicted octanol–water partition coefficient (Wildman–Crippen LogP) is 3.56. The maximum absolute atomic E-state index is 11.2. The van der Waals surface area contributed by atoms with Crippen molar-refractivity contribution >= 4 is 22.2 Å². The van der Waals surface area contributed by atoms with Crippen LogP contribution in [0.5, 0.6) is 5.75 Å². The van der Waals surface area contributed by atoms with Crippen molar-refractivity contribution in [2.75, 3.05) is 12.4 Å². The Morgan fingerprint density at radius 2 is 2.00 bits per heavy atom. The van der Waals surface area contributed by atoms with Gasteiger partial charge >= 0.3 is 0 Å². The first kappa shape index (κ1) is 14.1. The third-order valence-corrected chi connectivity index (χ3v) is 3.88. The molecule has 0 spiro atoms. The van der Waals surface area contributed by atoms with Gasteiger partial charge in [-0.2, -0.15) is 5.26 Å². The van der Waals surface area contributed by atoms with Gasteiger partial charge in [-0.25, -0.2) is 0 Å². The summed E-state index contributed by atoms with van der Waals surface area (Å²) in [5.74, 6) is 0.589. The Morgan fingerprint density at radius 1 is 1.35 bits per heavy atom. The second-order valence-corrected chi connectivity index (χ2v) is 5.48. The number of amides is 1. The van der Waals surface area contributed by atoms with E-state index in [2.05, 4.69) is 11.4 Å². The van der Waals surface area contributed by atoms with E-state index in [4.69, 9.17) is 4.74 Å². The van der Waals surface area contributed by atoms with Gasteiger partial charge in [0.05, 0.1) is 12.7 Å². The topological polar surface area (TPSA) is 62.1 Å². The van der Waals surface area contributed by atoms with Crippen molar-refractivity contribution in [2.45, 2.75) is 13.8 Å². The number of rotatable bonds is 3. The number of ether oxygens (including phenoxy) is 1. The number of nitriles is 1. The molecule has 2 aromatic rings. The third kappa shape index (κ3) is 2.65. The summed E-state index contributed by atoms with van der Waals surface area (Å²) in [4.78, 5) is 12.2. The van der Waals surface area contributed by atoms with Gasteiger partial charge in [0.2, 0.25) is 5.91 Å². The number of methoxy groups -OCH3 is 1. The van der Waals surface area contributed by atoms with Gasteiger partial charge in [-0.1, -0.05) is 12.1 Å². The van der Waals surface area contributed by atoms with E-state index in [0.29, 0.717) is 10.6 Å². The lowest BCUT2D eigenvalue weighted by Crippen LogP contribution is -2.05. The van der Waals surface area contributed by atoms with Crippen LogP contribution < -0.4 is 10.1 Å². The number of nitrogens with zero attached hydrogens (tertiary/aromatic N) is 1. The summed E-state index contributed by atoms with van der Waals surface area (Å²) in [7, 11) is 1.61. The smallest absolute Gasteiger partial charge is 0.221 e. The van der Waals surface area contributed by atoms with E-state index in [1.54, 1.807) is 7.11 Å². The normalized spacial score (nSPS) is 9.90. The lowest BCUT2D eigenvalue weighted by molar-refractivity contribution is -0.114. The highest BCUT2D eigenvalue weighted by molar-refractivity contribution is 7.17. The standard InChI is InChI=1S/C15H14N2O2S/c1-9-14(11-4-6-12(19-3)7-5-11)13(8-16)15(20-9)17-10(2)18/h4-7H,1-3H3,(H,17,18). The molecular formula is C15H14N2O2S. The van der Waals surface area contributed by atoms with Crippen molar-refractivity contribution in [1.29, 1.82) is 5.26 Å². The molecule has 5 heteroatoms. The minimum atomic E-state index is -0.177. The highest BCUT2D eigenvalue weighted by Crippen LogP contribution is 2.39. The molecule has 0 unspecified atom stereocenters. The molecule has 0 saturated heterocycles. The van der Waals surface area contributed by atoms with Gasteiger partial charge in [-0.15, -0.1) is 11.3 Å². The van der Waals surface area contributed by atoms with Crippen molar-refractivity contribution in [3.63, 3.8) is 0 Å². The highest BCUT2D eigenvalue weighted by Gasteiger charge is 2.17. The van der Waals surface area contributed by atoms with Crippen LogP contribution in [0, 0.1) is 18.3 Å². The molecule has 1 amide bonds. The molecule has 1 aromatic carbocycles. The van der Waals surface area contributed by atoms with Crippen molar-refractivity contribution < 1.29 is 9.53 Å². The zero-order chi connectivity index (χ0) is 14.7. The van der Waals surface area contributed by atoms with Crippen LogP contribution in [-0.2, 0) is 4.79 Å². The van der Waals surface area contributed by atoms with E-state index in [-0.39, 0.29) is 5.91 Å². The lowest BCUT2D eigenvalue weighted by Gasteiger charge is -2.04. The van der Waals surface area contributed by atoms with E-state index in [1.807, 2.05) is 31.2 Å². The fourth-order valence-electron chi connectivity index (χ4n) is 2.00. The van der Waals surface area contributed by atoms with Gasteiger partial charge in [0.25, 0.3) is 0 Å². The molecule has 0 atom stereocenters. The van der Waals surface area contributed by atoms with Gasteiger partial charge < -0.3 is 10.1 Å². The number of nitrogens with one attached hydrogen (secondary N) is 1. The van der Waals surface area contributed by atoms with Crippen LogP contribution in [-0.4, -0.2) is 13.0 Å². The molecule has 1 heterocycles. The molecular weight excluding hydrogens is 272 g/mol. The van der Waals surface area contributed by atoms with Gasteiger partial charge in [0.1, 0.15) is 16.8 Å². The molecule has 0 fully saturated rings. The van der Waals surface area contributed by atoms with Gasteiger partial charge in [-0.3, -0.25) is 4.79 Å². The van der Waals surface area contributed by atoms with Crippen molar-refractivity contribution in [3.05, 3.63) is 34.7 Å². The number of thiophene rings is 1. The number of hydrogen-bond donors (Lipinski definition) is 1. The number of hydrogen-bond acceptors (Lipinski definition) is 4. The van der Waals surface area contributed by atoms with Crippen LogP contribution in [0.3, 0.4) is 0 Å². The minimum absolute atomic E-state index is 0.177. The molecule has 0 radical (unpaired) electrons. The van der Waals surface area contributed by atoms with Crippen LogP contribution >= 0.6 is 11.3 Å². The largest absolute Gasteiger partial charge is 0.497 e. The molecule has 0 aliphatic rings. The van der Waals surface area contributed by atoms with E-state index < -0.39 is 0 Å². The Morgan fingerprint density at radius 3 is 2.50 bits per heavy atom. The second-order valence-electron chi connectivity index (χ2n) is 4.26. The summed E-state index contributed by atoms with van der Waals surface area (Å²) >= 11 is 1.41. The number of anilines is 1. The Hall–Kier alpha value is -2.32. The first-order chi connectivity index (χ1) is 9.56. The monoisotopic (exact) mass is 286 g/mol. The van der Waals surface area contributed by atoms with Crippen molar-refractivity contribution in [1.82, 2.24) is 0 Å². The summed E-state index contributed by atoms with van der Waals surface area (Å²) in [6.07, 6.45) is 0. The van der Waals surface area contributed by atoms with Crippen LogP contribution in [0.2, 0.25) is 0 Å². The molecule has 1 N–H and O–H groups in total. The number of carbonyl (C=O) groups is 1. The summed E-state index contributed by atoms with van der Waals surface area (Å²) in [5.41, 5.74) is 2.31. The Labute approximate surface area is 121 Å². The first-order valence-corrected chi connectivity index (χ1v) is 6.84. The molecule has 20 heavy (non-hydrogen) atoms. The molecule has 0 saturated carbocycles. The van der Waals surface area contributed by atoms with Crippen molar-refractivity contribution in [3.8, 4) is 22.9 Å². The molecule has 0 aliphatic heterocycles. The van der Waals surface area contributed by atoms with E-state index in [1.165, 1.54) is 18.3 Å². The number of aryl methyl sites for hydroxylation is 1. The van der Waals surface area contributed by atoms with E-state index in [0.717, 1.165) is 21.8 Å². The Balaban J connectivity index is 2.52. The zero-order valence-corrected chi connectivity index (χ0v) is 12.3. The second kappa shape index (κ2) is 5.76. The summed E-state index contributed by atoms with van der Waals surface area (Å²) in [5, 5.41) is 12.7. The highest BCUT2D eigenvalue weighted by atomic mass is 32.1. The molecule has 4 nitrogen and oxygen atoms in total.